The minimum absolute atomic E-state index is 0.361. The monoisotopic (exact) mass is 418 g/mol. The molecular formula is C28H38OSi. The Kier molecular flexibility index (Phi) is 7.15. The predicted molar refractivity (Wildman–Crippen MR) is 132 cm³/mol. The molecule has 2 aromatic carbocycles. The molecule has 1 heterocycles. The molecule has 160 valence electrons. The third kappa shape index (κ3) is 4.91. The van der Waals surface area contributed by atoms with Crippen LogP contribution in [0.2, 0.25) is 18.1 Å². The molecule has 1 fully saturated rings. The van der Waals surface area contributed by atoms with Gasteiger partial charge in [0.1, 0.15) is 5.75 Å². The van der Waals surface area contributed by atoms with Crippen molar-refractivity contribution in [3.8, 4) is 5.75 Å². The van der Waals surface area contributed by atoms with Gasteiger partial charge in [0.25, 0.3) is 0 Å². The highest BCUT2D eigenvalue weighted by molar-refractivity contribution is 6.92. The number of unbranched alkanes of at least 4 members (excludes halogenated alkanes) is 2. The molecule has 0 bridgehead atoms. The summed E-state index contributed by atoms with van der Waals surface area (Å²) in [5, 5.41) is 11.3. The molecule has 2 aliphatic rings. The molecule has 2 aromatic rings. The van der Waals surface area contributed by atoms with E-state index in [4.69, 9.17) is 0 Å². The Balaban J connectivity index is 1.39. The summed E-state index contributed by atoms with van der Waals surface area (Å²) in [5.74, 6) is 2.17. The van der Waals surface area contributed by atoms with Crippen LogP contribution in [0.15, 0.2) is 60.7 Å². The van der Waals surface area contributed by atoms with Crippen LogP contribution in [0.25, 0.3) is 5.57 Å². The number of rotatable bonds is 7. The minimum Gasteiger partial charge on any atom is -0.508 e. The zero-order valence-electron chi connectivity index (χ0n) is 18.7. The number of aromatic hydroxyl groups is 1. The van der Waals surface area contributed by atoms with Crippen LogP contribution in [0.5, 0.6) is 5.75 Å². The average molecular weight is 419 g/mol. The standard InChI is InChI=1S/C28H38OSi/c1-2-3-7-20-30(28-8-5-4-6-9-28)21-18-26(19-22-30)24-12-10-23(11-13-24)25-14-16-27(29)17-15-25/h4-6,8-10,14-17,24,26,29H,2-3,7,11-13,18-22H2,1H3. The molecule has 30 heavy (non-hydrogen) atoms. The van der Waals surface area contributed by atoms with Gasteiger partial charge >= 0.3 is 0 Å². The van der Waals surface area contributed by atoms with Gasteiger partial charge in [-0.3, -0.25) is 0 Å². The number of hydrogen-bond acceptors (Lipinski definition) is 1. The van der Waals surface area contributed by atoms with Gasteiger partial charge in [-0.1, -0.05) is 111 Å². The second-order valence-corrected chi connectivity index (χ2v) is 14.4. The largest absolute Gasteiger partial charge is 0.508 e. The number of phenols is 1. The Labute approximate surface area is 184 Å². The van der Waals surface area contributed by atoms with Gasteiger partial charge in [0.2, 0.25) is 0 Å². The fourth-order valence-corrected chi connectivity index (χ4v) is 11.4. The van der Waals surface area contributed by atoms with Crippen molar-refractivity contribution in [2.75, 3.05) is 0 Å². The summed E-state index contributed by atoms with van der Waals surface area (Å²) < 4.78 is 0. The van der Waals surface area contributed by atoms with Crippen molar-refractivity contribution in [3.63, 3.8) is 0 Å². The Morgan fingerprint density at radius 2 is 1.60 bits per heavy atom. The Morgan fingerprint density at radius 1 is 0.867 bits per heavy atom. The van der Waals surface area contributed by atoms with E-state index >= 15 is 0 Å². The van der Waals surface area contributed by atoms with Crippen LogP contribution in [-0.2, 0) is 0 Å². The SMILES string of the molecule is CCCCC[Si]1(c2ccccc2)CCC(C2CC=C(c3ccc(O)cc3)CC2)CC1. The smallest absolute Gasteiger partial charge is 0.115 e. The second-order valence-electron chi connectivity index (χ2n) is 9.75. The summed E-state index contributed by atoms with van der Waals surface area (Å²) in [7, 11) is -1.31. The maximum atomic E-state index is 9.54. The van der Waals surface area contributed by atoms with E-state index in [-0.39, 0.29) is 0 Å². The van der Waals surface area contributed by atoms with E-state index in [9.17, 15) is 5.11 Å². The number of benzene rings is 2. The van der Waals surface area contributed by atoms with Gasteiger partial charge in [-0.2, -0.15) is 0 Å². The van der Waals surface area contributed by atoms with E-state index in [2.05, 4.69) is 55.5 Å². The first-order valence-electron chi connectivity index (χ1n) is 12.2. The molecular weight excluding hydrogens is 380 g/mol. The first-order chi connectivity index (χ1) is 14.7. The summed E-state index contributed by atoms with van der Waals surface area (Å²) >= 11 is 0. The highest BCUT2D eigenvalue weighted by atomic mass is 28.3. The maximum absolute atomic E-state index is 9.54. The van der Waals surface area contributed by atoms with Gasteiger partial charge in [0, 0.05) is 0 Å². The first kappa shape index (κ1) is 21.4. The van der Waals surface area contributed by atoms with E-state index in [1.165, 1.54) is 80.6 Å². The van der Waals surface area contributed by atoms with Crippen molar-refractivity contribution in [2.45, 2.75) is 76.4 Å². The Bertz CT molecular complexity index is 815. The van der Waals surface area contributed by atoms with Crippen molar-refractivity contribution in [3.05, 3.63) is 66.2 Å². The third-order valence-electron chi connectivity index (χ3n) is 7.99. The lowest BCUT2D eigenvalue weighted by Crippen LogP contribution is -2.50. The Morgan fingerprint density at radius 3 is 2.23 bits per heavy atom. The van der Waals surface area contributed by atoms with Crippen LogP contribution in [-0.4, -0.2) is 13.2 Å². The maximum Gasteiger partial charge on any atom is 0.115 e. The van der Waals surface area contributed by atoms with Crippen LogP contribution in [0.1, 0.15) is 63.9 Å². The molecule has 1 N–H and O–H groups in total. The van der Waals surface area contributed by atoms with Gasteiger partial charge in [0.15, 0.2) is 0 Å². The lowest BCUT2D eigenvalue weighted by molar-refractivity contribution is 0.284. The van der Waals surface area contributed by atoms with Crippen molar-refractivity contribution in [2.24, 2.45) is 11.8 Å². The number of hydrogen-bond donors (Lipinski definition) is 1. The molecule has 1 saturated heterocycles. The summed E-state index contributed by atoms with van der Waals surface area (Å²) in [5.41, 5.74) is 2.77. The van der Waals surface area contributed by atoms with Crippen LogP contribution in [0.4, 0.5) is 0 Å². The molecule has 1 unspecified atom stereocenters. The first-order valence-corrected chi connectivity index (χ1v) is 14.9. The molecule has 0 aromatic heterocycles. The Hall–Kier alpha value is -1.80. The molecule has 1 atom stereocenters. The zero-order chi connectivity index (χ0) is 20.8. The predicted octanol–water partition coefficient (Wildman–Crippen LogP) is 7.53. The van der Waals surface area contributed by atoms with Gasteiger partial charge in [0.05, 0.1) is 8.07 Å². The van der Waals surface area contributed by atoms with Crippen molar-refractivity contribution in [1.29, 1.82) is 0 Å². The fraction of sp³-hybridized carbons (Fsp3) is 0.500. The van der Waals surface area contributed by atoms with Crippen LogP contribution in [0.3, 0.4) is 0 Å². The average Bonchev–Trinajstić information content (AvgIpc) is 2.81. The normalized spacial score (nSPS) is 26.9. The highest BCUT2D eigenvalue weighted by Crippen LogP contribution is 2.44. The van der Waals surface area contributed by atoms with Gasteiger partial charge in [-0.25, -0.2) is 0 Å². The topological polar surface area (TPSA) is 20.2 Å². The molecule has 0 saturated carbocycles. The number of allylic oxidation sites excluding steroid dienone is 2. The van der Waals surface area contributed by atoms with E-state index in [1.807, 2.05) is 12.1 Å². The van der Waals surface area contributed by atoms with Gasteiger partial charge < -0.3 is 5.11 Å². The summed E-state index contributed by atoms with van der Waals surface area (Å²) in [6.07, 6.45) is 13.4. The molecule has 1 aliphatic heterocycles. The van der Waals surface area contributed by atoms with E-state index in [1.54, 1.807) is 5.19 Å². The molecule has 1 nitrogen and oxygen atoms in total. The van der Waals surface area contributed by atoms with Gasteiger partial charge in [-0.05, 0) is 54.4 Å². The molecule has 2 heteroatoms. The van der Waals surface area contributed by atoms with Crippen molar-refractivity contribution < 1.29 is 5.11 Å². The fourth-order valence-electron chi connectivity index (χ4n) is 6.07. The van der Waals surface area contributed by atoms with Crippen molar-refractivity contribution >= 4 is 18.8 Å². The van der Waals surface area contributed by atoms with Crippen LogP contribution < -0.4 is 5.19 Å². The summed E-state index contributed by atoms with van der Waals surface area (Å²) in [6, 6.07) is 23.9. The van der Waals surface area contributed by atoms with Crippen LogP contribution in [0, 0.1) is 11.8 Å². The molecule has 0 amide bonds. The third-order valence-corrected chi connectivity index (χ3v) is 13.3. The highest BCUT2D eigenvalue weighted by Gasteiger charge is 2.40. The molecule has 0 spiro atoms. The van der Waals surface area contributed by atoms with Gasteiger partial charge in [-0.15, -0.1) is 0 Å². The summed E-state index contributed by atoms with van der Waals surface area (Å²) in [6.45, 7) is 2.33. The quantitative estimate of drug-likeness (QED) is 0.364. The lowest BCUT2D eigenvalue weighted by atomic mass is 9.77. The molecule has 4 rings (SSSR count). The minimum atomic E-state index is -1.31. The second kappa shape index (κ2) is 10.0. The van der Waals surface area contributed by atoms with E-state index < -0.39 is 8.07 Å². The molecule has 1 aliphatic carbocycles. The van der Waals surface area contributed by atoms with Crippen LogP contribution >= 0.6 is 0 Å². The van der Waals surface area contributed by atoms with E-state index in [0.29, 0.717) is 5.75 Å². The molecule has 0 radical (unpaired) electrons. The van der Waals surface area contributed by atoms with E-state index in [0.717, 1.165) is 11.8 Å². The summed E-state index contributed by atoms with van der Waals surface area (Å²) in [4.78, 5) is 0. The zero-order valence-corrected chi connectivity index (χ0v) is 19.7. The van der Waals surface area contributed by atoms with Crippen molar-refractivity contribution in [1.82, 2.24) is 0 Å². The number of phenolic OH excluding ortho intramolecular Hbond substituents is 1. The lowest BCUT2D eigenvalue weighted by Gasteiger charge is -2.42.